The van der Waals surface area contributed by atoms with Crippen LogP contribution in [0.25, 0.3) is 0 Å². The molecule has 0 saturated carbocycles. The maximum atomic E-state index is 2.46. The minimum absolute atomic E-state index is 1.31. The molecule has 18 heavy (non-hydrogen) atoms. The Hall–Kier alpha value is -0.0800. The second-order valence-corrected chi connectivity index (χ2v) is 6.57. The van der Waals surface area contributed by atoms with Gasteiger partial charge in [0.05, 0.1) is 52.9 Å². The maximum absolute atomic E-state index is 2.46. The second kappa shape index (κ2) is 7.49. The van der Waals surface area contributed by atoms with Crippen molar-refractivity contribution in [1.29, 1.82) is 0 Å². The fraction of sp³-hybridized carbons (Fsp3) is 1.00. The number of rotatable bonds is 9. The quantitative estimate of drug-likeness (QED) is 0.439. The third kappa shape index (κ3) is 4.55. The van der Waals surface area contributed by atoms with E-state index < -0.39 is 0 Å². The van der Waals surface area contributed by atoms with Crippen molar-refractivity contribution in [2.24, 2.45) is 0 Å². The molecule has 1 saturated heterocycles. The summed E-state index contributed by atoms with van der Waals surface area (Å²) in [6.07, 6.45) is 7.22. The van der Waals surface area contributed by atoms with Gasteiger partial charge in [-0.15, -0.1) is 0 Å². The van der Waals surface area contributed by atoms with E-state index in [9.17, 15) is 0 Å². The Balaban J connectivity index is 2.14. The van der Waals surface area contributed by atoms with E-state index in [4.69, 9.17) is 0 Å². The molecule has 1 heterocycles. The molecule has 0 aromatic heterocycles. The number of unbranched alkanes of at least 4 members (excludes halogenated alkanes) is 2. The number of likely N-dealkylation sites (tertiary alicyclic amines) is 1. The summed E-state index contributed by atoms with van der Waals surface area (Å²) in [6.45, 7) is 16.6. The van der Waals surface area contributed by atoms with Crippen molar-refractivity contribution >= 4 is 0 Å². The first kappa shape index (κ1) is 16.0. The molecule has 0 unspecified atom stereocenters. The molecule has 1 aliphatic rings. The van der Waals surface area contributed by atoms with Crippen LogP contribution in [0.1, 0.15) is 52.9 Å². The molecule has 1 aliphatic heterocycles. The number of quaternary nitrogens is 2. The first-order chi connectivity index (χ1) is 8.60. The van der Waals surface area contributed by atoms with Gasteiger partial charge in [0, 0.05) is 12.8 Å². The van der Waals surface area contributed by atoms with E-state index in [-0.39, 0.29) is 0 Å². The maximum Gasteiger partial charge on any atom is 0.0786 e. The molecular weight excluding hydrogens is 220 g/mol. The van der Waals surface area contributed by atoms with E-state index in [2.05, 4.69) is 27.8 Å². The highest BCUT2D eigenvalue weighted by Crippen LogP contribution is 2.18. The predicted molar refractivity (Wildman–Crippen MR) is 80.6 cm³/mol. The normalized spacial score (nSPS) is 19.3. The van der Waals surface area contributed by atoms with Gasteiger partial charge in [-0.05, 0) is 40.0 Å². The molecule has 0 bridgehead atoms. The van der Waals surface area contributed by atoms with E-state index in [1.165, 1.54) is 86.9 Å². The van der Waals surface area contributed by atoms with Crippen LogP contribution in [0.2, 0.25) is 0 Å². The minimum Gasteiger partial charge on any atom is -0.326 e. The van der Waals surface area contributed by atoms with Crippen LogP contribution in [-0.4, -0.2) is 61.8 Å². The Morgan fingerprint density at radius 2 is 1.39 bits per heavy atom. The van der Waals surface area contributed by atoms with Gasteiger partial charge in [-0.2, -0.15) is 0 Å². The molecule has 108 valence electrons. The molecule has 0 N–H and O–H groups in total. The highest BCUT2D eigenvalue weighted by molar-refractivity contribution is 4.53. The van der Waals surface area contributed by atoms with Gasteiger partial charge in [0.25, 0.3) is 0 Å². The average Bonchev–Trinajstić information content (AvgIpc) is 2.82. The van der Waals surface area contributed by atoms with Crippen LogP contribution >= 0.6 is 0 Å². The highest BCUT2D eigenvalue weighted by Gasteiger charge is 2.26. The fourth-order valence-corrected chi connectivity index (χ4v) is 3.59. The van der Waals surface area contributed by atoms with Crippen molar-refractivity contribution < 1.29 is 8.97 Å². The number of hydrogen-bond donors (Lipinski definition) is 0. The molecule has 1 rings (SSSR count). The number of nitrogens with zero attached hydrogens (tertiary/aromatic N) is 2. The monoisotopic (exact) mass is 256 g/mol. The Morgan fingerprint density at radius 1 is 0.833 bits per heavy atom. The largest absolute Gasteiger partial charge is 0.326 e. The fourth-order valence-electron chi connectivity index (χ4n) is 3.59. The molecule has 0 atom stereocenters. The van der Waals surface area contributed by atoms with Crippen LogP contribution in [0, 0.1) is 0 Å². The highest BCUT2D eigenvalue weighted by atomic mass is 15.3. The summed E-state index contributed by atoms with van der Waals surface area (Å²) in [6, 6.07) is 0. The van der Waals surface area contributed by atoms with Crippen LogP contribution in [0.15, 0.2) is 0 Å². The minimum atomic E-state index is 1.31. The van der Waals surface area contributed by atoms with Gasteiger partial charge >= 0.3 is 0 Å². The lowest BCUT2D eigenvalue weighted by Crippen LogP contribution is -2.48. The summed E-state index contributed by atoms with van der Waals surface area (Å²) in [7, 11) is 2.46. The summed E-state index contributed by atoms with van der Waals surface area (Å²) in [4.78, 5) is 0. The smallest absolute Gasteiger partial charge is 0.0786 e. The van der Waals surface area contributed by atoms with E-state index in [0.717, 1.165) is 0 Å². The Morgan fingerprint density at radius 3 is 1.89 bits per heavy atom. The van der Waals surface area contributed by atoms with Gasteiger partial charge in [0.1, 0.15) is 0 Å². The lowest BCUT2D eigenvalue weighted by Gasteiger charge is -2.36. The Bertz CT molecular complexity index is 207. The van der Waals surface area contributed by atoms with Crippen molar-refractivity contribution in [2.75, 3.05) is 52.9 Å². The molecule has 0 aromatic rings. The summed E-state index contributed by atoms with van der Waals surface area (Å²) < 4.78 is 2.68. The second-order valence-electron chi connectivity index (χ2n) is 6.57. The summed E-state index contributed by atoms with van der Waals surface area (Å²) in [5.74, 6) is 0. The molecule has 2 heteroatoms. The van der Waals surface area contributed by atoms with E-state index in [1.54, 1.807) is 0 Å². The van der Waals surface area contributed by atoms with Gasteiger partial charge in [0.2, 0.25) is 0 Å². The first-order valence-electron chi connectivity index (χ1n) is 8.28. The SMILES string of the molecule is CC[N+](CC)(CC)CCCCC[N+]1(C)CCCC1. The van der Waals surface area contributed by atoms with Gasteiger partial charge in [-0.1, -0.05) is 0 Å². The lowest BCUT2D eigenvalue weighted by atomic mass is 10.2. The predicted octanol–water partition coefficient (Wildman–Crippen LogP) is 3.27. The van der Waals surface area contributed by atoms with E-state index >= 15 is 0 Å². The third-order valence-corrected chi connectivity index (χ3v) is 5.49. The molecule has 1 fully saturated rings. The summed E-state index contributed by atoms with van der Waals surface area (Å²) >= 11 is 0. The lowest BCUT2D eigenvalue weighted by molar-refractivity contribution is -0.923. The van der Waals surface area contributed by atoms with Crippen LogP contribution in [-0.2, 0) is 0 Å². The van der Waals surface area contributed by atoms with Crippen molar-refractivity contribution in [3.8, 4) is 0 Å². The van der Waals surface area contributed by atoms with Crippen LogP contribution in [0.3, 0.4) is 0 Å². The molecule has 2 nitrogen and oxygen atoms in total. The Labute approximate surface area is 115 Å². The zero-order chi connectivity index (χ0) is 13.5. The van der Waals surface area contributed by atoms with Crippen LogP contribution < -0.4 is 0 Å². The summed E-state index contributed by atoms with van der Waals surface area (Å²) in [5, 5.41) is 0. The van der Waals surface area contributed by atoms with Crippen LogP contribution in [0.5, 0.6) is 0 Å². The zero-order valence-electron chi connectivity index (χ0n) is 13.4. The molecule has 0 aliphatic carbocycles. The molecule has 0 radical (unpaired) electrons. The molecular formula is C16H36N2+2. The van der Waals surface area contributed by atoms with E-state index in [0.29, 0.717) is 0 Å². The Kier molecular flexibility index (Phi) is 6.65. The topological polar surface area (TPSA) is 0 Å². The van der Waals surface area contributed by atoms with Gasteiger partial charge in [-0.3, -0.25) is 0 Å². The van der Waals surface area contributed by atoms with Crippen molar-refractivity contribution in [3.05, 3.63) is 0 Å². The number of hydrogen-bond acceptors (Lipinski definition) is 0. The van der Waals surface area contributed by atoms with E-state index in [1.807, 2.05) is 0 Å². The van der Waals surface area contributed by atoms with Crippen molar-refractivity contribution in [3.63, 3.8) is 0 Å². The summed E-state index contributed by atoms with van der Waals surface area (Å²) in [5.41, 5.74) is 0. The van der Waals surface area contributed by atoms with Crippen molar-refractivity contribution in [1.82, 2.24) is 0 Å². The average molecular weight is 256 g/mol. The van der Waals surface area contributed by atoms with Gasteiger partial charge in [0.15, 0.2) is 0 Å². The molecule has 0 spiro atoms. The van der Waals surface area contributed by atoms with Gasteiger partial charge in [-0.25, -0.2) is 0 Å². The zero-order valence-corrected chi connectivity index (χ0v) is 13.4. The molecule has 0 aromatic carbocycles. The first-order valence-corrected chi connectivity index (χ1v) is 8.28. The van der Waals surface area contributed by atoms with Crippen molar-refractivity contribution in [2.45, 2.75) is 52.9 Å². The van der Waals surface area contributed by atoms with Gasteiger partial charge < -0.3 is 8.97 Å². The standard InChI is InChI=1S/C16H36N2/c1-5-18(6-2,7-3)16-10-8-9-13-17(4)14-11-12-15-17/h5-16H2,1-4H3/q+2. The molecule has 0 amide bonds. The third-order valence-electron chi connectivity index (χ3n) is 5.49. The van der Waals surface area contributed by atoms with Crippen LogP contribution in [0.4, 0.5) is 0 Å².